The van der Waals surface area contributed by atoms with Gasteiger partial charge in [0.25, 0.3) is 0 Å². The van der Waals surface area contributed by atoms with Crippen molar-refractivity contribution in [3.8, 4) is 0 Å². The van der Waals surface area contributed by atoms with Crippen molar-refractivity contribution in [1.82, 2.24) is 5.32 Å². The molecule has 0 saturated carbocycles. The van der Waals surface area contributed by atoms with Crippen molar-refractivity contribution in [1.29, 1.82) is 0 Å². The molecule has 1 amide bonds. The summed E-state index contributed by atoms with van der Waals surface area (Å²) in [6, 6.07) is 1.52. The Kier molecular flexibility index (Phi) is 2.15. The van der Waals surface area contributed by atoms with Crippen LogP contribution in [0.3, 0.4) is 0 Å². The highest BCUT2D eigenvalue weighted by atomic mass is 32.1. The smallest absolute Gasteiger partial charge is 0.235 e. The summed E-state index contributed by atoms with van der Waals surface area (Å²) in [4.78, 5) is 24.3. The zero-order valence-corrected chi connectivity index (χ0v) is 8.85. The molecule has 0 bridgehead atoms. The van der Waals surface area contributed by atoms with E-state index in [-0.39, 0.29) is 17.7 Å². The van der Waals surface area contributed by atoms with Gasteiger partial charge in [-0.05, 0) is 30.9 Å². The zero-order chi connectivity index (χ0) is 10.3. The monoisotopic (exact) mass is 209 g/mol. The van der Waals surface area contributed by atoms with Crippen LogP contribution >= 0.6 is 11.3 Å². The highest BCUT2D eigenvalue weighted by Crippen LogP contribution is 2.29. The van der Waals surface area contributed by atoms with E-state index in [1.165, 1.54) is 0 Å². The number of ketones is 1. The third kappa shape index (κ3) is 1.26. The summed E-state index contributed by atoms with van der Waals surface area (Å²) in [6.07, 6.45) is 0. The summed E-state index contributed by atoms with van der Waals surface area (Å²) in [5.74, 6) is -0.753. The maximum absolute atomic E-state index is 11.7. The molecule has 4 heteroatoms. The second kappa shape index (κ2) is 3.20. The molecule has 74 valence electrons. The van der Waals surface area contributed by atoms with Crippen LogP contribution in [0.5, 0.6) is 0 Å². The first-order chi connectivity index (χ1) is 6.61. The van der Waals surface area contributed by atoms with E-state index in [4.69, 9.17) is 0 Å². The Morgan fingerprint density at radius 3 is 2.57 bits per heavy atom. The summed E-state index contributed by atoms with van der Waals surface area (Å²) in [6.45, 7) is 3.66. The Morgan fingerprint density at radius 1 is 1.43 bits per heavy atom. The van der Waals surface area contributed by atoms with Crippen molar-refractivity contribution in [3.05, 3.63) is 21.9 Å². The van der Waals surface area contributed by atoms with Crippen LogP contribution in [-0.2, 0) is 9.59 Å². The van der Waals surface area contributed by atoms with Gasteiger partial charge in [-0.15, -0.1) is 11.3 Å². The average molecular weight is 209 g/mol. The van der Waals surface area contributed by atoms with E-state index >= 15 is 0 Å². The van der Waals surface area contributed by atoms with E-state index in [1.54, 1.807) is 18.3 Å². The van der Waals surface area contributed by atoms with Gasteiger partial charge in [-0.2, -0.15) is 0 Å². The number of carbonyl (C=O) groups excluding carboxylic acids is 2. The maximum atomic E-state index is 11.7. The standard InChI is InChI=1S/C10H11NO2S/c1-5-9(12)8(10(13)11-5)7-3-4-14-6(7)2/h3-5,8H,1-2H3,(H,11,13). The fourth-order valence-electron chi connectivity index (χ4n) is 1.74. The third-order valence-corrected chi connectivity index (χ3v) is 3.40. The van der Waals surface area contributed by atoms with E-state index in [1.807, 2.05) is 18.4 Å². The lowest BCUT2D eigenvalue weighted by molar-refractivity contribution is -0.124. The molecule has 0 aliphatic carbocycles. The minimum absolute atomic E-state index is 0.0171. The molecular formula is C10H11NO2S. The largest absolute Gasteiger partial charge is 0.346 e. The van der Waals surface area contributed by atoms with Crippen molar-refractivity contribution in [2.45, 2.75) is 25.8 Å². The van der Waals surface area contributed by atoms with Gasteiger partial charge in [0.05, 0.1) is 6.04 Å². The molecule has 3 nitrogen and oxygen atoms in total. The highest BCUT2D eigenvalue weighted by Gasteiger charge is 2.40. The fraction of sp³-hybridized carbons (Fsp3) is 0.400. The molecule has 2 rings (SSSR count). The Labute approximate surface area is 86.1 Å². The molecule has 1 aliphatic heterocycles. The maximum Gasteiger partial charge on any atom is 0.235 e. The molecule has 2 unspecified atom stereocenters. The number of rotatable bonds is 1. The predicted molar refractivity (Wildman–Crippen MR) is 54.4 cm³/mol. The van der Waals surface area contributed by atoms with Crippen molar-refractivity contribution in [2.75, 3.05) is 0 Å². The van der Waals surface area contributed by atoms with Crippen LogP contribution in [0.25, 0.3) is 0 Å². The minimum Gasteiger partial charge on any atom is -0.346 e. The summed E-state index contributed by atoms with van der Waals surface area (Å²) in [7, 11) is 0. The van der Waals surface area contributed by atoms with Crippen LogP contribution in [0, 0.1) is 6.92 Å². The van der Waals surface area contributed by atoms with Crippen molar-refractivity contribution >= 4 is 23.0 Å². The molecule has 0 radical (unpaired) electrons. The average Bonchev–Trinajstić information content (AvgIpc) is 2.60. The molecule has 1 saturated heterocycles. The van der Waals surface area contributed by atoms with Gasteiger partial charge in [0.1, 0.15) is 5.92 Å². The van der Waals surface area contributed by atoms with Gasteiger partial charge in [0, 0.05) is 4.88 Å². The molecule has 14 heavy (non-hydrogen) atoms. The van der Waals surface area contributed by atoms with Crippen molar-refractivity contribution < 1.29 is 9.59 Å². The van der Waals surface area contributed by atoms with Crippen LogP contribution < -0.4 is 5.32 Å². The molecule has 1 aliphatic rings. The van der Waals surface area contributed by atoms with Gasteiger partial charge in [-0.1, -0.05) is 0 Å². The first kappa shape index (κ1) is 9.40. The van der Waals surface area contributed by atoms with Crippen LogP contribution in [0.2, 0.25) is 0 Å². The number of carbonyl (C=O) groups is 2. The fourth-order valence-corrected chi connectivity index (χ4v) is 2.48. The number of hydrogen-bond acceptors (Lipinski definition) is 3. The van der Waals surface area contributed by atoms with Crippen molar-refractivity contribution in [3.63, 3.8) is 0 Å². The van der Waals surface area contributed by atoms with Gasteiger partial charge in [-0.3, -0.25) is 9.59 Å². The van der Waals surface area contributed by atoms with Crippen LogP contribution in [0.1, 0.15) is 23.3 Å². The number of Topliss-reactive ketones (excluding diaryl/α,β-unsaturated/α-hetero) is 1. The van der Waals surface area contributed by atoms with Crippen molar-refractivity contribution in [2.24, 2.45) is 0 Å². The number of thiophene rings is 1. The lowest BCUT2D eigenvalue weighted by atomic mass is 9.95. The van der Waals surface area contributed by atoms with E-state index in [2.05, 4.69) is 5.32 Å². The Morgan fingerprint density at radius 2 is 2.14 bits per heavy atom. The summed E-state index contributed by atoms with van der Waals surface area (Å²) >= 11 is 1.56. The summed E-state index contributed by atoms with van der Waals surface area (Å²) < 4.78 is 0. The van der Waals surface area contributed by atoms with Crippen LogP contribution in [0.15, 0.2) is 11.4 Å². The minimum atomic E-state index is -0.573. The lowest BCUT2D eigenvalue weighted by Gasteiger charge is -2.04. The predicted octanol–water partition coefficient (Wildman–Crippen LogP) is 1.23. The molecule has 1 aromatic heterocycles. The van der Waals surface area contributed by atoms with Crippen LogP contribution in [-0.4, -0.2) is 17.7 Å². The molecule has 0 aromatic carbocycles. The SMILES string of the molecule is Cc1sccc1C1C(=O)NC(C)C1=O. The normalized spacial score (nSPS) is 26.7. The second-order valence-corrected chi connectivity index (χ2v) is 4.62. The molecule has 0 spiro atoms. The summed E-state index contributed by atoms with van der Waals surface area (Å²) in [5.41, 5.74) is 0.863. The quantitative estimate of drug-likeness (QED) is 0.707. The first-order valence-electron chi connectivity index (χ1n) is 4.49. The van der Waals surface area contributed by atoms with Gasteiger partial charge in [0.15, 0.2) is 5.78 Å². The lowest BCUT2D eigenvalue weighted by Crippen LogP contribution is -2.25. The van der Waals surface area contributed by atoms with Gasteiger partial charge in [0.2, 0.25) is 5.91 Å². The zero-order valence-electron chi connectivity index (χ0n) is 8.03. The molecule has 1 N–H and O–H groups in total. The Hall–Kier alpha value is -1.16. The Bertz CT molecular complexity index is 397. The number of hydrogen-bond donors (Lipinski definition) is 1. The van der Waals surface area contributed by atoms with Crippen LogP contribution in [0.4, 0.5) is 0 Å². The summed E-state index contributed by atoms with van der Waals surface area (Å²) in [5, 5.41) is 4.56. The van der Waals surface area contributed by atoms with Gasteiger partial charge >= 0.3 is 0 Å². The number of aryl methyl sites for hydroxylation is 1. The molecule has 1 aromatic rings. The first-order valence-corrected chi connectivity index (χ1v) is 5.37. The van der Waals surface area contributed by atoms with Gasteiger partial charge < -0.3 is 5.32 Å². The second-order valence-electron chi connectivity index (χ2n) is 3.50. The van der Waals surface area contributed by atoms with E-state index in [0.29, 0.717) is 0 Å². The highest BCUT2D eigenvalue weighted by molar-refractivity contribution is 7.10. The number of nitrogens with one attached hydrogen (secondary N) is 1. The van der Waals surface area contributed by atoms with Gasteiger partial charge in [-0.25, -0.2) is 0 Å². The molecule has 2 atom stereocenters. The molecule has 2 heterocycles. The van der Waals surface area contributed by atoms with E-state index in [9.17, 15) is 9.59 Å². The van der Waals surface area contributed by atoms with E-state index in [0.717, 1.165) is 10.4 Å². The Balaban J connectivity index is 2.40. The third-order valence-electron chi connectivity index (χ3n) is 2.54. The molecular weight excluding hydrogens is 198 g/mol. The van der Waals surface area contributed by atoms with E-state index < -0.39 is 5.92 Å². The topological polar surface area (TPSA) is 46.2 Å². The molecule has 1 fully saturated rings. The number of amides is 1.